The first-order valence-electron chi connectivity index (χ1n) is 7.70. The van der Waals surface area contributed by atoms with Crippen LogP contribution in [0.4, 0.5) is 8.78 Å². The number of benzene rings is 2. The van der Waals surface area contributed by atoms with Crippen LogP contribution in [0.5, 0.6) is 0 Å². The number of rotatable bonds is 4. The first-order valence-corrected chi connectivity index (χ1v) is 7.70. The van der Waals surface area contributed by atoms with Crippen molar-refractivity contribution in [1.29, 1.82) is 0 Å². The minimum absolute atomic E-state index is 0.189. The molecule has 4 nitrogen and oxygen atoms in total. The fourth-order valence-electron chi connectivity index (χ4n) is 3.13. The standard InChI is InChI=1S/C18H18F2N2O2/c19-15-6-5-13(7-16(15)20)17-8-14(23)10-22(17)9-11-1-3-12(4-2-11)18(21)24/h1-7,14,17,23H,8-10H2,(H2,21,24)/t14-,17+/m0/s1. The summed E-state index contributed by atoms with van der Waals surface area (Å²) in [6, 6.07) is 10.5. The highest BCUT2D eigenvalue weighted by Gasteiger charge is 2.32. The largest absolute Gasteiger partial charge is 0.392 e. The van der Waals surface area contributed by atoms with Crippen molar-refractivity contribution in [2.45, 2.75) is 25.1 Å². The van der Waals surface area contributed by atoms with Gasteiger partial charge in [0.25, 0.3) is 0 Å². The Morgan fingerprint density at radius 3 is 2.50 bits per heavy atom. The third-order valence-electron chi connectivity index (χ3n) is 4.33. The molecule has 3 rings (SSSR count). The number of hydrogen-bond donors (Lipinski definition) is 2. The van der Waals surface area contributed by atoms with Gasteiger partial charge in [0.1, 0.15) is 0 Å². The van der Waals surface area contributed by atoms with Crippen molar-refractivity contribution in [2.24, 2.45) is 5.73 Å². The summed E-state index contributed by atoms with van der Waals surface area (Å²) in [5.41, 5.74) is 7.23. The molecule has 0 unspecified atom stereocenters. The van der Waals surface area contributed by atoms with E-state index in [1.165, 1.54) is 6.07 Å². The summed E-state index contributed by atoms with van der Waals surface area (Å²) in [6.07, 6.45) is -0.0576. The molecule has 2 aromatic rings. The molecule has 0 saturated carbocycles. The lowest BCUT2D eigenvalue weighted by molar-refractivity contribution is 0.1000. The van der Waals surface area contributed by atoms with Gasteiger partial charge in [-0.25, -0.2) is 8.78 Å². The number of β-amino-alcohol motifs (C(OH)–C–C–N with tert-alkyl or cyclic N) is 1. The van der Waals surface area contributed by atoms with E-state index in [4.69, 9.17) is 5.73 Å². The molecule has 6 heteroatoms. The van der Waals surface area contributed by atoms with Crippen LogP contribution in [0, 0.1) is 11.6 Å². The molecule has 24 heavy (non-hydrogen) atoms. The second-order valence-corrected chi connectivity index (χ2v) is 6.07. The number of aliphatic hydroxyl groups excluding tert-OH is 1. The molecule has 0 aromatic heterocycles. The van der Waals surface area contributed by atoms with Gasteiger partial charge in [-0.1, -0.05) is 18.2 Å². The fraction of sp³-hybridized carbons (Fsp3) is 0.278. The summed E-state index contributed by atoms with van der Waals surface area (Å²) in [5, 5.41) is 9.98. The van der Waals surface area contributed by atoms with E-state index in [0.29, 0.717) is 30.6 Å². The first kappa shape index (κ1) is 16.5. The van der Waals surface area contributed by atoms with E-state index < -0.39 is 23.6 Å². The van der Waals surface area contributed by atoms with E-state index in [2.05, 4.69) is 0 Å². The molecule has 3 N–H and O–H groups in total. The van der Waals surface area contributed by atoms with Gasteiger partial charge in [0.05, 0.1) is 6.10 Å². The maximum atomic E-state index is 13.5. The van der Waals surface area contributed by atoms with E-state index in [1.807, 2.05) is 4.90 Å². The number of hydrogen-bond acceptors (Lipinski definition) is 3. The van der Waals surface area contributed by atoms with Gasteiger partial charge in [-0.3, -0.25) is 9.69 Å². The Hall–Kier alpha value is -2.31. The normalized spacial score (nSPS) is 21.1. The lowest BCUT2D eigenvalue weighted by Gasteiger charge is -2.24. The van der Waals surface area contributed by atoms with E-state index in [-0.39, 0.29) is 6.04 Å². The number of carbonyl (C=O) groups is 1. The molecule has 2 atom stereocenters. The molecule has 126 valence electrons. The molecule has 0 spiro atoms. The average molecular weight is 332 g/mol. The fourth-order valence-corrected chi connectivity index (χ4v) is 3.13. The Labute approximate surface area is 138 Å². The monoisotopic (exact) mass is 332 g/mol. The minimum Gasteiger partial charge on any atom is -0.392 e. The lowest BCUT2D eigenvalue weighted by atomic mass is 10.0. The SMILES string of the molecule is NC(=O)c1ccc(CN2C[C@@H](O)C[C@@H]2c2ccc(F)c(F)c2)cc1. The van der Waals surface area contributed by atoms with Crippen molar-refractivity contribution in [3.8, 4) is 0 Å². The third-order valence-corrected chi connectivity index (χ3v) is 4.33. The number of carbonyl (C=O) groups excluding carboxylic acids is 1. The topological polar surface area (TPSA) is 66.6 Å². The second-order valence-electron chi connectivity index (χ2n) is 6.07. The Morgan fingerprint density at radius 1 is 1.17 bits per heavy atom. The van der Waals surface area contributed by atoms with E-state index in [9.17, 15) is 18.7 Å². The van der Waals surface area contributed by atoms with Crippen LogP contribution in [0.25, 0.3) is 0 Å². The maximum Gasteiger partial charge on any atom is 0.248 e. The molecule has 2 aromatic carbocycles. The molecule has 1 amide bonds. The van der Waals surface area contributed by atoms with Crippen LogP contribution in [-0.4, -0.2) is 28.6 Å². The van der Waals surface area contributed by atoms with Crippen LogP contribution < -0.4 is 5.73 Å². The third kappa shape index (κ3) is 3.44. The molecule has 0 bridgehead atoms. The summed E-state index contributed by atoms with van der Waals surface area (Å²) in [7, 11) is 0. The van der Waals surface area contributed by atoms with Gasteiger partial charge in [0.15, 0.2) is 11.6 Å². The average Bonchev–Trinajstić information content (AvgIpc) is 2.91. The summed E-state index contributed by atoms with van der Waals surface area (Å²) < 4.78 is 26.6. The highest BCUT2D eigenvalue weighted by Crippen LogP contribution is 2.34. The molecular formula is C18H18F2N2O2. The Balaban J connectivity index is 1.80. The molecular weight excluding hydrogens is 314 g/mol. The zero-order chi connectivity index (χ0) is 17.3. The van der Waals surface area contributed by atoms with Gasteiger partial charge >= 0.3 is 0 Å². The van der Waals surface area contributed by atoms with Crippen molar-refractivity contribution in [3.05, 3.63) is 70.8 Å². The van der Waals surface area contributed by atoms with Crippen molar-refractivity contribution in [3.63, 3.8) is 0 Å². The predicted molar refractivity (Wildman–Crippen MR) is 85.1 cm³/mol. The van der Waals surface area contributed by atoms with Crippen LogP contribution in [0.3, 0.4) is 0 Å². The zero-order valence-electron chi connectivity index (χ0n) is 13.0. The van der Waals surface area contributed by atoms with E-state index in [1.54, 1.807) is 30.3 Å². The molecule has 0 aliphatic carbocycles. The smallest absolute Gasteiger partial charge is 0.248 e. The van der Waals surface area contributed by atoms with Crippen LogP contribution in [0.15, 0.2) is 42.5 Å². The number of aliphatic hydroxyl groups is 1. The van der Waals surface area contributed by atoms with Crippen LogP contribution in [-0.2, 0) is 6.54 Å². The van der Waals surface area contributed by atoms with Crippen LogP contribution in [0.2, 0.25) is 0 Å². The number of primary amides is 1. The Bertz CT molecular complexity index is 749. The summed E-state index contributed by atoms with van der Waals surface area (Å²) in [5.74, 6) is -2.26. The van der Waals surface area contributed by atoms with E-state index >= 15 is 0 Å². The Kier molecular flexibility index (Phi) is 4.59. The molecule has 1 fully saturated rings. The van der Waals surface area contributed by atoms with Gasteiger partial charge in [0, 0.05) is 24.7 Å². The van der Waals surface area contributed by atoms with Crippen molar-refractivity contribution >= 4 is 5.91 Å². The molecule has 1 aliphatic heterocycles. The number of nitrogens with zero attached hydrogens (tertiary/aromatic N) is 1. The molecule has 1 heterocycles. The summed E-state index contributed by atoms with van der Waals surface area (Å²) in [4.78, 5) is 13.1. The highest BCUT2D eigenvalue weighted by molar-refractivity contribution is 5.92. The number of nitrogens with two attached hydrogens (primary N) is 1. The van der Waals surface area contributed by atoms with Crippen LogP contribution in [0.1, 0.15) is 33.9 Å². The van der Waals surface area contributed by atoms with Crippen molar-refractivity contribution in [1.82, 2.24) is 4.90 Å². The van der Waals surface area contributed by atoms with Gasteiger partial charge in [-0.05, 0) is 41.8 Å². The quantitative estimate of drug-likeness (QED) is 0.903. The lowest BCUT2D eigenvalue weighted by Crippen LogP contribution is -2.24. The van der Waals surface area contributed by atoms with Gasteiger partial charge in [0.2, 0.25) is 5.91 Å². The maximum absolute atomic E-state index is 13.5. The molecule has 0 radical (unpaired) electrons. The first-order chi connectivity index (χ1) is 11.4. The number of halogens is 2. The second kappa shape index (κ2) is 6.67. The predicted octanol–water partition coefficient (Wildman–Crippen LogP) is 2.37. The molecule has 1 saturated heterocycles. The number of amides is 1. The van der Waals surface area contributed by atoms with Gasteiger partial charge in [-0.2, -0.15) is 0 Å². The summed E-state index contributed by atoms with van der Waals surface area (Å²) in [6.45, 7) is 0.973. The van der Waals surface area contributed by atoms with Gasteiger partial charge < -0.3 is 10.8 Å². The van der Waals surface area contributed by atoms with Crippen LogP contribution >= 0.6 is 0 Å². The highest BCUT2D eigenvalue weighted by atomic mass is 19.2. The number of likely N-dealkylation sites (tertiary alicyclic amines) is 1. The minimum atomic E-state index is -0.889. The Morgan fingerprint density at radius 2 is 1.88 bits per heavy atom. The van der Waals surface area contributed by atoms with Crippen molar-refractivity contribution in [2.75, 3.05) is 6.54 Å². The van der Waals surface area contributed by atoms with Gasteiger partial charge in [-0.15, -0.1) is 0 Å². The zero-order valence-corrected chi connectivity index (χ0v) is 13.0. The van der Waals surface area contributed by atoms with E-state index in [0.717, 1.165) is 11.6 Å². The van der Waals surface area contributed by atoms with Crippen molar-refractivity contribution < 1.29 is 18.7 Å². The molecule has 1 aliphatic rings. The summed E-state index contributed by atoms with van der Waals surface area (Å²) >= 11 is 0.